The van der Waals surface area contributed by atoms with Crippen molar-refractivity contribution in [3.63, 3.8) is 0 Å². The van der Waals surface area contributed by atoms with E-state index in [0.717, 1.165) is 0 Å². The van der Waals surface area contributed by atoms with E-state index in [0.29, 0.717) is 37.2 Å². The van der Waals surface area contributed by atoms with Gasteiger partial charge in [0.25, 0.3) is 5.91 Å². The van der Waals surface area contributed by atoms with Gasteiger partial charge in [-0.05, 0) is 37.1 Å². The summed E-state index contributed by atoms with van der Waals surface area (Å²) in [4.78, 5) is 45.6. The number of piperidine rings is 1. The van der Waals surface area contributed by atoms with E-state index >= 15 is 0 Å². The second-order valence-electron chi connectivity index (χ2n) is 6.22. The Morgan fingerprint density at radius 2 is 1.63 bits per heavy atom. The van der Waals surface area contributed by atoms with Crippen molar-refractivity contribution in [2.45, 2.75) is 12.8 Å². The minimum atomic E-state index is -1.30. The molecular weight excluding hydrogens is 350 g/mol. The highest BCUT2D eigenvalue weighted by Gasteiger charge is 2.31. The number of likely N-dealkylation sites (tertiary alicyclic amines) is 1. The number of benzene rings is 1. The molecule has 140 valence electrons. The molecule has 0 saturated carbocycles. The number of hydrogen-bond donors (Lipinski definition) is 1. The molecule has 0 unspecified atom stereocenters. The SMILES string of the molecule is COc1ccc(C(=O)C2CCN(C(=O)c3nccnc3C(=O)O)CC2)cc1. The number of carboxylic acids is 1. The highest BCUT2D eigenvalue weighted by molar-refractivity contribution is 6.02. The van der Waals surface area contributed by atoms with Crippen molar-refractivity contribution in [3.05, 3.63) is 53.6 Å². The lowest BCUT2D eigenvalue weighted by Gasteiger charge is -2.31. The predicted molar refractivity (Wildman–Crippen MR) is 94.9 cm³/mol. The molecule has 0 atom stereocenters. The van der Waals surface area contributed by atoms with Gasteiger partial charge in [-0.3, -0.25) is 9.59 Å². The summed E-state index contributed by atoms with van der Waals surface area (Å²) in [5, 5.41) is 9.16. The van der Waals surface area contributed by atoms with Crippen LogP contribution in [0.3, 0.4) is 0 Å². The summed E-state index contributed by atoms with van der Waals surface area (Å²) >= 11 is 0. The van der Waals surface area contributed by atoms with Crippen LogP contribution >= 0.6 is 0 Å². The Morgan fingerprint density at radius 3 is 2.19 bits per heavy atom. The molecule has 1 N–H and O–H groups in total. The smallest absolute Gasteiger partial charge is 0.356 e. The van der Waals surface area contributed by atoms with Crippen LogP contribution in [-0.4, -0.2) is 57.8 Å². The van der Waals surface area contributed by atoms with Crippen LogP contribution in [0.5, 0.6) is 5.75 Å². The van der Waals surface area contributed by atoms with E-state index in [-0.39, 0.29) is 23.1 Å². The first-order valence-electron chi connectivity index (χ1n) is 8.53. The van der Waals surface area contributed by atoms with Gasteiger partial charge < -0.3 is 14.7 Å². The third-order valence-corrected chi connectivity index (χ3v) is 4.63. The lowest BCUT2D eigenvalue weighted by atomic mass is 9.88. The van der Waals surface area contributed by atoms with E-state index in [1.54, 1.807) is 31.4 Å². The van der Waals surface area contributed by atoms with Crippen molar-refractivity contribution in [2.24, 2.45) is 5.92 Å². The molecule has 1 aromatic heterocycles. The molecule has 2 heterocycles. The third-order valence-electron chi connectivity index (χ3n) is 4.63. The number of ketones is 1. The van der Waals surface area contributed by atoms with E-state index in [1.165, 1.54) is 17.3 Å². The molecule has 1 amide bonds. The van der Waals surface area contributed by atoms with Gasteiger partial charge >= 0.3 is 5.97 Å². The molecule has 0 radical (unpaired) electrons. The molecule has 8 nitrogen and oxygen atoms in total. The predicted octanol–water partition coefficient (Wildman–Crippen LogP) is 1.92. The lowest BCUT2D eigenvalue weighted by molar-refractivity contribution is 0.0623. The molecule has 1 aromatic carbocycles. The van der Waals surface area contributed by atoms with Crippen LogP contribution in [0.1, 0.15) is 44.2 Å². The van der Waals surface area contributed by atoms with Crippen LogP contribution in [-0.2, 0) is 0 Å². The average molecular weight is 369 g/mol. The summed E-state index contributed by atoms with van der Waals surface area (Å²) < 4.78 is 5.10. The van der Waals surface area contributed by atoms with Gasteiger partial charge in [-0.1, -0.05) is 0 Å². The van der Waals surface area contributed by atoms with E-state index in [2.05, 4.69) is 9.97 Å². The Kier molecular flexibility index (Phi) is 5.44. The molecule has 0 aliphatic carbocycles. The lowest BCUT2D eigenvalue weighted by Crippen LogP contribution is -2.41. The average Bonchev–Trinajstić information content (AvgIpc) is 2.73. The Hall–Kier alpha value is -3.29. The van der Waals surface area contributed by atoms with Gasteiger partial charge in [0.15, 0.2) is 17.2 Å². The molecular formula is C19H19N3O5. The fourth-order valence-electron chi connectivity index (χ4n) is 3.14. The van der Waals surface area contributed by atoms with Crippen LogP contribution in [0.25, 0.3) is 0 Å². The minimum Gasteiger partial charge on any atom is -0.497 e. The van der Waals surface area contributed by atoms with Gasteiger partial charge in [-0.2, -0.15) is 0 Å². The van der Waals surface area contributed by atoms with Crippen molar-refractivity contribution in [3.8, 4) is 5.75 Å². The Bertz CT molecular complexity index is 858. The molecule has 8 heteroatoms. The van der Waals surface area contributed by atoms with Gasteiger partial charge in [-0.15, -0.1) is 0 Å². The second kappa shape index (κ2) is 7.94. The Morgan fingerprint density at radius 1 is 1.04 bits per heavy atom. The molecule has 0 spiro atoms. The van der Waals surface area contributed by atoms with Gasteiger partial charge in [0.2, 0.25) is 0 Å². The van der Waals surface area contributed by atoms with Crippen molar-refractivity contribution >= 4 is 17.7 Å². The summed E-state index contributed by atoms with van der Waals surface area (Å²) in [6, 6.07) is 6.95. The first-order chi connectivity index (χ1) is 13.0. The fraction of sp³-hybridized carbons (Fsp3) is 0.316. The molecule has 1 aliphatic heterocycles. The normalized spacial score (nSPS) is 14.6. The number of rotatable bonds is 5. The topological polar surface area (TPSA) is 110 Å². The van der Waals surface area contributed by atoms with E-state index in [1.807, 2.05) is 0 Å². The molecule has 27 heavy (non-hydrogen) atoms. The second-order valence-corrected chi connectivity index (χ2v) is 6.22. The molecule has 2 aromatic rings. The maximum Gasteiger partial charge on any atom is 0.356 e. The first-order valence-corrected chi connectivity index (χ1v) is 8.53. The van der Waals surface area contributed by atoms with Crippen LogP contribution in [0.4, 0.5) is 0 Å². The van der Waals surface area contributed by atoms with E-state index in [4.69, 9.17) is 9.84 Å². The molecule has 1 aliphatic rings. The highest BCUT2D eigenvalue weighted by atomic mass is 16.5. The molecule has 0 bridgehead atoms. The van der Waals surface area contributed by atoms with Crippen molar-refractivity contribution in [1.82, 2.24) is 14.9 Å². The maximum atomic E-state index is 12.6. The summed E-state index contributed by atoms with van der Waals surface area (Å²) in [6.07, 6.45) is 3.55. The third kappa shape index (κ3) is 3.94. The number of hydrogen-bond acceptors (Lipinski definition) is 6. The Labute approximate surface area is 155 Å². The number of carbonyl (C=O) groups is 3. The number of methoxy groups -OCH3 is 1. The van der Waals surface area contributed by atoms with Crippen LogP contribution < -0.4 is 4.74 Å². The number of carbonyl (C=O) groups excluding carboxylic acids is 2. The number of Topliss-reactive ketones (excluding diaryl/α,β-unsaturated/α-hetero) is 1. The minimum absolute atomic E-state index is 0.0375. The fourth-order valence-corrected chi connectivity index (χ4v) is 3.14. The number of aromatic carboxylic acids is 1. The summed E-state index contributed by atoms with van der Waals surface area (Å²) in [6.45, 7) is 0.724. The number of nitrogens with zero attached hydrogens (tertiary/aromatic N) is 3. The van der Waals surface area contributed by atoms with Crippen molar-refractivity contribution < 1.29 is 24.2 Å². The van der Waals surface area contributed by atoms with Gasteiger partial charge in [-0.25, -0.2) is 14.8 Å². The zero-order chi connectivity index (χ0) is 19.4. The highest BCUT2D eigenvalue weighted by Crippen LogP contribution is 2.24. The van der Waals surface area contributed by atoms with Crippen LogP contribution in [0.15, 0.2) is 36.7 Å². The van der Waals surface area contributed by atoms with Gasteiger partial charge in [0.1, 0.15) is 5.75 Å². The Balaban J connectivity index is 1.65. The number of aromatic nitrogens is 2. The monoisotopic (exact) mass is 369 g/mol. The van der Waals surface area contributed by atoms with E-state index in [9.17, 15) is 14.4 Å². The van der Waals surface area contributed by atoms with Gasteiger partial charge in [0.05, 0.1) is 7.11 Å². The van der Waals surface area contributed by atoms with Crippen molar-refractivity contribution in [2.75, 3.05) is 20.2 Å². The summed E-state index contributed by atoms with van der Waals surface area (Å²) in [5.74, 6) is -1.23. The summed E-state index contributed by atoms with van der Waals surface area (Å²) in [5.41, 5.74) is 0.0755. The number of ether oxygens (including phenoxy) is 1. The molecule has 1 fully saturated rings. The van der Waals surface area contributed by atoms with Crippen LogP contribution in [0, 0.1) is 5.92 Å². The molecule has 1 saturated heterocycles. The van der Waals surface area contributed by atoms with E-state index < -0.39 is 11.9 Å². The number of amides is 1. The number of carboxylic acid groups (broad SMARTS) is 1. The van der Waals surface area contributed by atoms with Crippen molar-refractivity contribution in [1.29, 1.82) is 0 Å². The summed E-state index contributed by atoms with van der Waals surface area (Å²) in [7, 11) is 1.57. The zero-order valence-corrected chi connectivity index (χ0v) is 14.8. The standard InChI is InChI=1S/C19H19N3O5/c1-27-14-4-2-12(3-5-14)17(23)13-6-10-22(11-7-13)18(24)15-16(19(25)26)21-9-8-20-15/h2-5,8-9,13H,6-7,10-11H2,1H3,(H,25,26). The first kappa shape index (κ1) is 18.5. The molecule has 3 rings (SSSR count). The zero-order valence-electron chi connectivity index (χ0n) is 14.8. The largest absolute Gasteiger partial charge is 0.497 e. The maximum absolute atomic E-state index is 12.6. The van der Waals surface area contributed by atoms with Gasteiger partial charge in [0, 0.05) is 37.0 Å². The van der Waals surface area contributed by atoms with Crippen LogP contribution in [0.2, 0.25) is 0 Å². The quantitative estimate of drug-likeness (QED) is 0.802.